The first-order chi connectivity index (χ1) is 8.75. The molecule has 18 heavy (non-hydrogen) atoms. The van der Waals surface area contributed by atoms with Crippen LogP contribution in [-0.4, -0.2) is 26.7 Å². The number of aromatic amines is 1. The van der Waals surface area contributed by atoms with Crippen LogP contribution in [0.2, 0.25) is 0 Å². The summed E-state index contributed by atoms with van der Waals surface area (Å²) in [4.78, 5) is 19.9. The van der Waals surface area contributed by atoms with Crippen molar-refractivity contribution in [3.8, 4) is 0 Å². The molecule has 0 spiro atoms. The highest BCUT2D eigenvalue weighted by Crippen LogP contribution is 2.40. The maximum Gasteiger partial charge on any atom is 0.254 e. The van der Waals surface area contributed by atoms with Gasteiger partial charge in [0.2, 0.25) is 0 Å². The second-order valence-corrected chi connectivity index (χ2v) is 7.69. The Morgan fingerprint density at radius 2 is 2.00 bits per heavy atom. The molecule has 0 bridgehead atoms. The molecule has 2 atom stereocenters. The van der Waals surface area contributed by atoms with Gasteiger partial charge in [-0.05, 0) is 25.7 Å². The minimum Gasteiger partial charge on any atom is -0.309 e. The molecule has 3 nitrogen and oxygen atoms in total. The van der Waals surface area contributed by atoms with Gasteiger partial charge < -0.3 is 4.98 Å². The highest BCUT2D eigenvalue weighted by molar-refractivity contribution is 8.06. The molecule has 0 radical (unpaired) electrons. The van der Waals surface area contributed by atoms with E-state index in [2.05, 4.69) is 11.9 Å². The number of rotatable bonds is 1. The van der Waals surface area contributed by atoms with Crippen LogP contribution in [-0.2, 0) is 12.8 Å². The molecule has 0 saturated carbocycles. The number of aryl methyl sites for hydroxylation is 1. The predicted molar refractivity (Wildman–Crippen MR) is 78.6 cm³/mol. The fourth-order valence-corrected chi connectivity index (χ4v) is 5.40. The van der Waals surface area contributed by atoms with Crippen LogP contribution in [0.5, 0.6) is 0 Å². The Morgan fingerprint density at radius 3 is 2.83 bits per heavy atom. The van der Waals surface area contributed by atoms with Gasteiger partial charge in [-0.2, -0.15) is 11.8 Å². The molecule has 1 aliphatic carbocycles. The zero-order chi connectivity index (χ0) is 12.5. The lowest BCUT2D eigenvalue weighted by Crippen LogP contribution is -2.26. The first-order valence-corrected chi connectivity index (χ1v) is 8.70. The van der Waals surface area contributed by atoms with Crippen LogP contribution in [0.4, 0.5) is 0 Å². The van der Waals surface area contributed by atoms with E-state index in [0.29, 0.717) is 10.5 Å². The lowest BCUT2D eigenvalue weighted by atomic mass is 9.97. The van der Waals surface area contributed by atoms with E-state index in [-0.39, 0.29) is 5.56 Å². The molecule has 98 valence electrons. The highest BCUT2D eigenvalue weighted by atomic mass is 32.2. The van der Waals surface area contributed by atoms with Crippen molar-refractivity contribution >= 4 is 23.5 Å². The normalized spacial score (nSPS) is 27.8. The maximum atomic E-state index is 12.1. The topological polar surface area (TPSA) is 45.8 Å². The summed E-state index contributed by atoms with van der Waals surface area (Å²) in [6.07, 6.45) is 4.18. The fourth-order valence-electron chi connectivity index (χ4n) is 2.69. The monoisotopic (exact) mass is 282 g/mol. The molecule has 2 heterocycles. The molecule has 0 aromatic carbocycles. The Morgan fingerprint density at radius 1 is 1.22 bits per heavy atom. The molecule has 1 N–H and O–H groups in total. The standard InChI is InChI=1S/C13H18N2OS2/c1-8-11(18-7-6-17-8)12-14-10-5-3-2-4-9(10)13(16)15-12/h8,11H,2-7H2,1H3,(H,14,15,16). The third-order valence-corrected chi connectivity index (χ3v) is 6.77. The number of nitrogens with one attached hydrogen (secondary N) is 1. The van der Waals surface area contributed by atoms with Gasteiger partial charge in [0.25, 0.3) is 5.56 Å². The second-order valence-electron chi connectivity index (χ2n) is 4.95. The van der Waals surface area contributed by atoms with Gasteiger partial charge in [0, 0.05) is 22.3 Å². The molecule has 5 heteroatoms. The zero-order valence-electron chi connectivity index (χ0n) is 10.6. The van der Waals surface area contributed by atoms with Crippen LogP contribution < -0.4 is 5.56 Å². The zero-order valence-corrected chi connectivity index (χ0v) is 12.2. The van der Waals surface area contributed by atoms with E-state index in [9.17, 15) is 4.79 Å². The van der Waals surface area contributed by atoms with Crippen LogP contribution >= 0.6 is 23.5 Å². The molecular weight excluding hydrogens is 264 g/mol. The fraction of sp³-hybridized carbons (Fsp3) is 0.692. The van der Waals surface area contributed by atoms with E-state index in [0.717, 1.165) is 42.1 Å². The number of H-pyrrole nitrogens is 1. The van der Waals surface area contributed by atoms with Crippen molar-refractivity contribution in [2.45, 2.75) is 43.1 Å². The van der Waals surface area contributed by atoms with Gasteiger partial charge in [0.15, 0.2) is 0 Å². The van der Waals surface area contributed by atoms with E-state index in [4.69, 9.17) is 4.98 Å². The molecule has 2 aliphatic rings. The van der Waals surface area contributed by atoms with Crippen LogP contribution in [0.15, 0.2) is 4.79 Å². The summed E-state index contributed by atoms with van der Waals surface area (Å²) < 4.78 is 0. The smallest absolute Gasteiger partial charge is 0.254 e. The van der Waals surface area contributed by atoms with E-state index in [1.54, 1.807) is 0 Å². The van der Waals surface area contributed by atoms with E-state index in [1.807, 2.05) is 23.5 Å². The van der Waals surface area contributed by atoms with E-state index in [1.165, 1.54) is 12.2 Å². The molecule has 1 aliphatic heterocycles. The maximum absolute atomic E-state index is 12.1. The molecule has 1 aromatic heterocycles. The Balaban J connectivity index is 1.97. The van der Waals surface area contributed by atoms with Crippen molar-refractivity contribution in [2.24, 2.45) is 0 Å². The van der Waals surface area contributed by atoms with Crippen molar-refractivity contribution in [3.05, 3.63) is 27.4 Å². The summed E-state index contributed by atoms with van der Waals surface area (Å²) >= 11 is 3.91. The quantitative estimate of drug-likeness (QED) is 0.860. The van der Waals surface area contributed by atoms with Crippen molar-refractivity contribution < 1.29 is 0 Å². The van der Waals surface area contributed by atoms with Gasteiger partial charge in [-0.3, -0.25) is 4.79 Å². The first kappa shape index (κ1) is 12.6. The van der Waals surface area contributed by atoms with Gasteiger partial charge in [-0.25, -0.2) is 4.98 Å². The lowest BCUT2D eigenvalue weighted by molar-refractivity contribution is 0.643. The highest BCUT2D eigenvalue weighted by Gasteiger charge is 2.27. The van der Waals surface area contributed by atoms with Crippen molar-refractivity contribution in [1.82, 2.24) is 9.97 Å². The molecular formula is C13H18N2OS2. The van der Waals surface area contributed by atoms with Gasteiger partial charge in [0.05, 0.1) is 10.9 Å². The summed E-state index contributed by atoms with van der Waals surface area (Å²) in [6.45, 7) is 2.24. The largest absolute Gasteiger partial charge is 0.309 e. The van der Waals surface area contributed by atoms with Crippen LogP contribution in [0, 0.1) is 0 Å². The third-order valence-electron chi connectivity index (χ3n) is 3.67. The van der Waals surface area contributed by atoms with Gasteiger partial charge in [-0.1, -0.05) is 6.92 Å². The SMILES string of the molecule is CC1SCCSC1c1nc2c(c(=O)[nH]1)CCCC2. The van der Waals surface area contributed by atoms with Crippen molar-refractivity contribution in [3.63, 3.8) is 0 Å². The van der Waals surface area contributed by atoms with Gasteiger partial charge >= 0.3 is 0 Å². The average Bonchev–Trinajstić information content (AvgIpc) is 2.39. The Hall–Kier alpha value is -0.420. The number of thioether (sulfide) groups is 2. The molecule has 3 rings (SSSR count). The van der Waals surface area contributed by atoms with Crippen LogP contribution in [0.1, 0.15) is 42.1 Å². The van der Waals surface area contributed by atoms with Crippen molar-refractivity contribution in [1.29, 1.82) is 0 Å². The number of fused-ring (bicyclic) bond motifs is 1. The molecule has 1 saturated heterocycles. The van der Waals surface area contributed by atoms with E-state index >= 15 is 0 Å². The molecule has 1 fully saturated rings. The molecule has 0 amide bonds. The lowest BCUT2D eigenvalue weighted by Gasteiger charge is -2.27. The van der Waals surface area contributed by atoms with Gasteiger partial charge in [0.1, 0.15) is 5.82 Å². The Kier molecular flexibility index (Phi) is 3.71. The summed E-state index contributed by atoms with van der Waals surface area (Å²) in [5.41, 5.74) is 2.10. The first-order valence-electron chi connectivity index (χ1n) is 6.61. The predicted octanol–water partition coefficient (Wildman–Crippen LogP) is 2.56. The molecule has 2 unspecified atom stereocenters. The van der Waals surface area contributed by atoms with Crippen molar-refractivity contribution in [2.75, 3.05) is 11.5 Å². The minimum absolute atomic E-state index is 0.109. The Bertz CT molecular complexity index is 500. The number of aromatic nitrogens is 2. The summed E-state index contributed by atoms with van der Waals surface area (Å²) in [6, 6.07) is 0. The minimum atomic E-state index is 0.109. The van der Waals surface area contributed by atoms with E-state index < -0.39 is 0 Å². The van der Waals surface area contributed by atoms with Gasteiger partial charge in [-0.15, -0.1) is 11.8 Å². The van der Waals surface area contributed by atoms with Crippen LogP contribution in [0.3, 0.4) is 0 Å². The summed E-state index contributed by atoms with van der Waals surface area (Å²) in [7, 11) is 0. The number of nitrogens with zero attached hydrogens (tertiary/aromatic N) is 1. The average molecular weight is 282 g/mol. The second kappa shape index (κ2) is 5.29. The molecule has 1 aromatic rings. The number of hydrogen-bond donors (Lipinski definition) is 1. The summed E-state index contributed by atoms with van der Waals surface area (Å²) in [5.74, 6) is 3.27. The third kappa shape index (κ3) is 2.35. The van der Waals surface area contributed by atoms with Crippen LogP contribution in [0.25, 0.3) is 0 Å². The summed E-state index contributed by atoms with van der Waals surface area (Å²) in [5, 5.41) is 0.886. The Labute approximate surface area is 116 Å². The number of hydrogen-bond acceptors (Lipinski definition) is 4.